The number of hydrogen-bond donors (Lipinski definition) is 1. The lowest BCUT2D eigenvalue weighted by Crippen LogP contribution is -2.11. The summed E-state index contributed by atoms with van der Waals surface area (Å²) in [5.74, 6) is 0.349. The van der Waals surface area contributed by atoms with E-state index in [2.05, 4.69) is 5.32 Å². The van der Waals surface area contributed by atoms with Crippen molar-refractivity contribution in [1.29, 1.82) is 5.26 Å². The van der Waals surface area contributed by atoms with E-state index in [0.717, 1.165) is 6.54 Å². The van der Waals surface area contributed by atoms with E-state index >= 15 is 0 Å². The molecule has 0 unspecified atom stereocenters. The Morgan fingerprint density at radius 2 is 2.06 bits per heavy atom. The topological polar surface area (TPSA) is 35.8 Å². The van der Waals surface area contributed by atoms with Crippen LogP contribution in [0.15, 0.2) is 18.2 Å². The van der Waals surface area contributed by atoms with Crippen LogP contribution >= 0.6 is 0 Å². The predicted octanol–water partition coefficient (Wildman–Crippen LogP) is 3.30. The first-order valence-electron chi connectivity index (χ1n) is 5.72. The van der Waals surface area contributed by atoms with Gasteiger partial charge in [0.25, 0.3) is 0 Å². The van der Waals surface area contributed by atoms with E-state index in [1.54, 1.807) is 6.07 Å². The maximum absolute atomic E-state index is 13.1. The monoisotopic (exact) mass is 218 g/mol. The largest absolute Gasteiger partial charge is 0.385 e. The zero-order valence-corrected chi connectivity index (χ0v) is 9.17. The Morgan fingerprint density at radius 3 is 2.75 bits per heavy atom. The van der Waals surface area contributed by atoms with Gasteiger partial charge in [-0.25, -0.2) is 4.39 Å². The normalized spacial score (nSPS) is 16.0. The molecule has 2 nitrogen and oxygen atoms in total. The van der Waals surface area contributed by atoms with Crippen LogP contribution in [0.5, 0.6) is 0 Å². The number of halogens is 1. The maximum Gasteiger partial charge on any atom is 0.126 e. The number of anilines is 1. The highest BCUT2D eigenvalue weighted by atomic mass is 19.1. The van der Waals surface area contributed by atoms with E-state index in [1.807, 2.05) is 6.07 Å². The minimum atomic E-state index is -0.354. The molecule has 0 aromatic heterocycles. The highest BCUT2D eigenvalue weighted by molar-refractivity contribution is 5.49. The Labute approximate surface area is 95.1 Å². The summed E-state index contributed by atoms with van der Waals surface area (Å²) in [7, 11) is 0. The van der Waals surface area contributed by atoms with Crippen molar-refractivity contribution in [2.24, 2.45) is 5.92 Å². The molecule has 0 bridgehead atoms. The molecule has 0 spiro atoms. The van der Waals surface area contributed by atoms with E-state index in [4.69, 9.17) is 5.26 Å². The van der Waals surface area contributed by atoms with Gasteiger partial charge in [0.2, 0.25) is 0 Å². The summed E-state index contributed by atoms with van der Waals surface area (Å²) >= 11 is 0. The van der Waals surface area contributed by atoms with Gasteiger partial charge in [-0.3, -0.25) is 0 Å². The molecule has 1 aromatic rings. The highest BCUT2D eigenvalue weighted by Gasteiger charge is 2.14. The summed E-state index contributed by atoms with van der Waals surface area (Å²) in [6.07, 6.45) is 5.12. The molecule has 0 aliphatic heterocycles. The van der Waals surface area contributed by atoms with Gasteiger partial charge >= 0.3 is 0 Å². The van der Waals surface area contributed by atoms with Crippen LogP contribution in [0.1, 0.15) is 31.2 Å². The molecule has 0 atom stereocenters. The fraction of sp³-hybridized carbons (Fsp3) is 0.462. The number of benzene rings is 1. The molecule has 1 aliphatic rings. The predicted molar refractivity (Wildman–Crippen MR) is 61.6 cm³/mol. The van der Waals surface area contributed by atoms with E-state index in [9.17, 15) is 4.39 Å². The van der Waals surface area contributed by atoms with Crippen LogP contribution in [0.2, 0.25) is 0 Å². The zero-order valence-electron chi connectivity index (χ0n) is 9.17. The Bertz CT molecular complexity index is 403. The molecule has 1 aliphatic carbocycles. The molecule has 1 saturated carbocycles. The average Bonchev–Trinajstić information content (AvgIpc) is 2.78. The first-order valence-corrected chi connectivity index (χ1v) is 5.72. The molecule has 0 saturated heterocycles. The molecular formula is C13H15FN2. The molecule has 0 amide bonds. The Balaban J connectivity index is 1.98. The molecule has 2 rings (SSSR count). The fourth-order valence-corrected chi connectivity index (χ4v) is 2.23. The maximum atomic E-state index is 13.1. The van der Waals surface area contributed by atoms with Gasteiger partial charge in [0.1, 0.15) is 5.82 Å². The summed E-state index contributed by atoms with van der Waals surface area (Å²) in [4.78, 5) is 0. The second kappa shape index (κ2) is 4.98. The zero-order chi connectivity index (χ0) is 11.4. The second-order valence-corrected chi connectivity index (χ2v) is 4.37. The van der Waals surface area contributed by atoms with Crippen molar-refractivity contribution in [2.75, 3.05) is 11.9 Å². The summed E-state index contributed by atoms with van der Waals surface area (Å²) in [5.41, 5.74) is 1.08. The van der Waals surface area contributed by atoms with Crippen LogP contribution < -0.4 is 5.32 Å². The molecule has 16 heavy (non-hydrogen) atoms. The molecule has 1 fully saturated rings. The Hall–Kier alpha value is -1.56. The Morgan fingerprint density at radius 1 is 1.31 bits per heavy atom. The van der Waals surface area contributed by atoms with Crippen molar-refractivity contribution in [3.05, 3.63) is 29.6 Å². The lowest BCUT2D eigenvalue weighted by atomic mass is 10.1. The summed E-state index contributed by atoms with van der Waals surface area (Å²) in [6.45, 7) is 0.883. The van der Waals surface area contributed by atoms with Gasteiger partial charge in [-0.15, -0.1) is 0 Å². The number of hydrogen-bond acceptors (Lipinski definition) is 2. The van der Waals surface area contributed by atoms with Crippen molar-refractivity contribution in [2.45, 2.75) is 25.7 Å². The van der Waals surface area contributed by atoms with Gasteiger partial charge in [-0.1, -0.05) is 12.8 Å². The first kappa shape index (κ1) is 10.9. The lowest BCUT2D eigenvalue weighted by Gasteiger charge is -2.11. The highest BCUT2D eigenvalue weighted by Crippen LogP contribution is 2.25. The number of rotatable bonds is 3. The number of nitrogens with zero attached hydrogens (tertiary/aromatic N) is 1. The molecule has 1 N–H and O–H groups in total. The summed E-state index contributed by atoms with van der Waals surface area (Å²) < 4.78 is 13.1. The van der Waals surface area contributed by atoms with Gasteiger partial charge in [-0.05, 0) is 37.0 Å². The van der Waals surface area contributed by atoms with E-state index in [0.29, 0.717) is 17.2 Å². The van der Waals surface area contributed by atoms with Crippen LogP contribution in [-0.2, 0) is 0 Å². The van der Waals surface area contributed by atoms with Gasteiger partial charge in [0.05, 0.1) is 11.6 Å². The molecule has 3 heteroatoms. The van der Waals surface area contributed by atoms with Crippen molar-refractivity contribution >= 4 is 5.69 Å². The van der Waals surface area contributed by atoms with Gasteiger partial charge in [0.15, 0.2) is 0 Å². The SMILES string of the molecule is N#Cc1cc(F)cc(NCC2CCCC2)c1. The molecule has 1 aromatic carbocycles. The van der Waals surface area contributed by atoms with Crippen LogP contribution in [0.25, 0.3) is 0 Å². The van der Waals surface area contributed by atoms with Crippen molar-refractivity contribution in [1.82, 2.24) is 0 Å². The van der Waals surface area contributed by atoms with Crippen LogP contribution in [0, 0.1) is 23.1 Å². The molecule has 84 valence electrons. The minimum absolute atomic E-state index is 0.354. The minimum Gasteiger partial charge on any atom is -0.385 e. The molecule has 0 heterocycles. The van der Waals surface area contributed by atoms with Crippen LogP contribution in [0.4, 0.5) is 10.1 Å². The third kappa shape index (κ3) is 2.73. The van der Waals surface area contributed by atoms with Crippen molar-refractivity contribution in [3.63, 3.8) is 0 Å². The quantitative estimate of drug-likeness (QED) is 0.844. The third-order valence-corrected chi connectivity index (χ3v) is 3.10. The molecule has 0 radical (unpaired) electrons. The lowest BCUT2D eigenvalue weighted by molar-refractivity contribution is 0.579. The average molecular weight is 218 g/mol. The third-order valence-electron chi connectivity index (χ3n) is 3.10. The number of nitriles is 1. The number of nitrogens with one attached hydrogen (secondary N) is 1. The standard InChI is InChI=1S/C13H15FN2/c14-12-5-11(8-15)6-13(7-12)16-9-10-3-1-2-4-10/h5-7,10,16H,1-4,9H2. The van der Waals surface area contributed by atoms with E-state index < -0.39 is 0 Å². The van der Waals surface area contributed by atoms with Crippen molar-refractivity contribution < 1.29 is 4.39 Å². The second-order valence-electron chi connectivity index (χ2n) is 4.37. The smallest absolute Gasteiger partial charge is 0.126 e. The summed E-state index contributed by atoms with van der Waals surface area (Å²) in [6, 6.07) is 6.34. The fourth-order valence-electron chi connectivity index (χ4n) is 2.23. The van der Waals surface area contributed by atoms with Gasteiger partial charge in [-0.2, -0.15) is 5.26 Å². The van der Waals surface area contributed by atoms with E-state index in [-0.39, 0.29) is 5.82 Å². The van der Waals surface area contributed by atoms with Gasteiger partial charge in [0, 0.05) is 12.2 Å². The van der Waals surface area contributed by atoms with Gasteiger partial charge < -0.3 is 5.32 Å². The Kier molecular flexibility index (Phi) is 3.40. The molecular weight excluding hydrogens is 203 g/mol. The van der Waals surface area contributed by atoms with Crippen molar-refractivity contribution in [3.8, 4) is 6.07 Å². The van der Waals surface area contributed by atoms with E-state index in [1.165, 1.54) is 37.8 Å². The first-order chi connectivity index (χ1) is 7.78. The van der Waals surface area contributed by atoms with Crippen LogP contribution in [0.3, 0.4) is 0 Å². The van der Waals surface area contributed by atoms with Crippen LogP contribution in [-0.4, -0.2) is 6.54 Å². The summed E-state index contributed by atoms with van der Waals surface area (Å²) in [5, 5.41) is 11.9.